The van der Waals surface area contributed by atoms with Crippen LogP contribution in [0, 0.1) is 17.1 Å². The number of halogens is 2. The van der Waals surface area contributed by atoms with Crippen LogP contribution >= 0.6 is 11.6 Å². The molecular weight excluding hydrogens is 219 g/mol. The third-order valence-electron chi connectivity index (χ3n) is 1.88. The first kappa shape index (κ1) is 11.9. The van der Waals surface area contributed by atoms with E-state index >= 15 is 0 Å². The largest absolute Gasteiger partial charge is 0.395 e. The fourth-order valence-electron chi connectivity index (χ4n) is 1.18. The van der Waals surface area contributed by atoms with Crippen LogP contribution in [-0.2, 0) is 0 Å². The summed E-state index contributed by atoms with van der Waals surface area (Å²) in [6, 6.07) is 5.58. The SMILES string of the molecule is N#CC(NCCO)c1cccc(Cl)c1F. The quantitative estimate of drug-likeness (QED) is 0.824. The minimum Gasteiger partial charge on any atom is -0.395 e. The van der Waals surface area contributed by atoms with Crippen molar-refractivity contribution in [2.45, 2.75) is 6.04 Å². The van der Waals surface area contributed by atoms with Crippen molar-refractivity contribution in [3.63, 3.8) is 0 Å². The summed E-state index contributed by atoms with van der Waals surface area (Å²) in [5.41, 5.74) is 0.193. The Labute approximate surface area is 92.1 Å². The zero-order chi connectivity index (χ0) is 11.3. The van der Waals surface area contributed by atoms with E-state index in [1.165, 1.54) is 12.1 Å². The molecule has 0 saturated carbocycles. The van der Waals surface area contributed by atoms with E-state index in [0.717, 1.165) is 0 Å². The van der Waals surface area contributed by atoms with Crippen molar-refractivity contribution >= 4 is 11.6 Å². The molecule has 1 unspecified atom stereocenters. The number of aliphatic hydroxyl groups excluding tert-OH is 1. The van der Waals surface area contributed by atoms with E-state index in [2.05, 4.69) is 5.32 Å². The first-order valence-corrected chi connectivity index (χ1v) is 4.76. The lowest BCUT2D eigenvalue weighted by atomic mass is 10.1. The lowest BCUT2D eigenvalue weighted by Gasteiger charge is -2.12. The highest BCUT2D eigenvalue weighted by Gasteiger charge is 2.15. The molecule has 0 aliphatic rings. The maximum atomic E-state index is 13.5. The standard InChI is InChI=1S/C10H10ClFN2O/c11-8-3-1-2-7(10(8)12)9(6-13)14-4-5-15/h1-3,9,14-15H,4-5H2. The van der Waals surface area contributed by atoms with Gasteiger partial charge in [0.15, 0.2) is 0 Å². The molecule has 1 rings (SSSR count). The second kappa shape index (κ2) is 5.66. The van der Waals surface area contributed by atoms with Crippen molar-refractivity contribution in [3.8, 4) is 6.07 Å². The maximum Gasteiger partial charge on any atom is 0.147 e. The van der Waals surface area contributed by atoms with Crippen molar-refractivity contribution in [1.29, 1.82) is 5.26 Å². The molecule has 0 saturated heterocycles. The van der Waals surface area contributed by atoms with Gasteiger partial charge in [0.05, 0.1) is 17.7 Å². The van der Waals surface area contributed by atoms with E-state index in [1.807, 2.05) is 6.07 Å². The maximum absolute atomic E-state index is 13.5. The van der Waals surface area contributed by atoms with Gasteiger partial charge in [-0.2, -0.15) is 5.26 Å². The first-order chi connectivity index (χ1) is 7.20. The topological polar surface area (TPSA) is 56.0 Å². The average molecular weight is 229 g/mol. The van der Waals surface area contributed by atoms with Crippen LogP contribution in [0.5, 0.6) is 0 Å². The van der Waals surface area contributed by atoms with Gasteiger partial charge in [-0.3, -0.25) is 5.32 Å². The van der Waals surface area contributed by atoms with Gasteiger partial charge in [-0.1, -0.05) is 23.7 Å². The molecule has 2 N–H and O–H groups in total. The number of nitriles is 1. The monoisotopic (exact) mass is 228 g/mol. The highest BCUT2D eigenvalue weighted by atomic mass is 35.5. The molecule has 0 heterocycles. The predicted octanol–water partition coefficient (Wildman–Crippen LogP) is 1.63. The molecule has 3 nitrogen and oxygen atoms in total. The summed E-state index contributed by atoms with van der Waals surface area (Å²) in [5.74, 6) is -0.601. The number of nitrogens with zero attached hydrogens (tertiary/aromatic N) is 1. The molecule has 1 aromatic carbocycles. The van der Waals surface area contributed by atoms with Gasteiger partial charge in [0.25, 0.3) is 0 Å². The van der Waals surface area contributed by atoms with Gasteiger partial charge in [-0.05, 0) is 6.07 Å². The van der Waals surface area contributed by atoms with Crippen molar-refractivity contribution in [2.75, 3.05) is 13.2 Å². The summed E-state index contributed by atoms with van der Waals surface area (Å²) in [4.78, 5) is 0. The van der Waals surface area contributed by atoms with Crippen LogP contribution in [0.3, 0.4) is 0 Å². The van der Waals surface area contributed by atoms with Crippen LogP contribution in [0.2, 0.25) is 5.02 Å². The van der Waals surface area contributed by atoms with Gasteiger partial charge in [-0.15, -0.1) is 0 Å². The van der Waals surface area contributed by atoms with Gasteiger partial charge < -0.3 is 5.11 Å². The van der Waals surface area contributed by atoms with Crippen molar-refractivity contribution < 1.29 is 9.50 Å². The number of benzene rings is 1. The molecule has 15 heavy (non-hydrogen) atoms. The Kier molecular flexibility index (Phi) is 4.50. The summed E-state index contributed by atoms with van der Waals surface area (Å²) in [6.45, 7) is 0.116. The van der Waals surface area contributed by atoms with E-state index < -0.39 is 11.9 Å². The van der Waals surface area contributed by atoms with Gasteiger partial charge in [0, 0.05) is 12.1 Å². The number of aliphatic hydroxyl groups is 1. The van der Waals surface area contributed by atoms with Crippen LogP contribution in [-0.4, -0.2) is 18.3 Å². The molecule has 0 bridgehead atoms. The summed E-state index contributed by atoms with van der Waals surface area (Å²) in [5, 5.41) is 20.1. The molecule has 5 heteroatoms. The second-order valence-corrected chi connectivity index (χ2v) is 3.29. The highest BCUT2D eigenvalue weighted by molar-refractivity contribution is 6.30. The normalized spacial score (nSPS) is 12.1. The lowest BCUT2D eigenvalue weighted by Crippen LogP contribution is -2.24. The average Bonchev–Trinajstić information content (AvgIpc) is 2.25. The third-order valence-corrected chi connectivity index (χ3v) is 2.17. The molecule has 0 radical (unpaired) electrons. The number of nitrogens with one attached hydrogen (secondary N) is 1. The van der Waals surface area contributed by atoms with E-state index in [9.17, 15) is 4.39 Å². The van der Waals surface area contributed by atoms with Crippen LogP contribution in [0.1, 0.15) is 11.6 Å². The first-order valence-electron chi connectivity index (χ1n) is 4.38. The Balaban J connectivity index is 2.93. The minimum atomic E-state index is -0.796. The number of hydrogen-bond acceptors (Lipinski definition) is 3. The van der Waals surface area contributed by atoms with E-state index in [4.69, 9.17) is 22.0 Å². The summed E-state index contributed by atoms with van der Waals surface area (Å²) < 4.78 is 13.5. The van der Waals surface area contributed by atoms with Crippen LogP contribution in [0.4, 0.5) is 4.39 Å². The van der Waals surface area contributed by atoms with E-state index in [0.29, 0.717) is 0 Å². The zero-order valence-corrected chi connectivity index (χ0v) is 8.63. The Morgan fingerprint density at radius 1 is 1.60 bits per heavy atom. The molecule has 0 amide bonds. The molecule has 0 fully saturated rings. The summed E-state index contributed by atoms with van der Waals surface area (Å²) in [7, 11) is 0. The Morgan fingerprint density at radius 3 is 2.93 bits per heavy atom. The second-order valence-electron chi connectivity index (χ2n) is 2.88. The van der Waals surface area contributed by atoms with E-state index in [-0.39, 0.29) is 23.7 Å². The molecule has 0 aliphatic carbocycles. The molecule has 0 aromatic heterocycles. The fourth-order valence-corrected chi connectivity index (χ4v) is 1.36. The Morgan fingerprint density at radius 2 is 2.33 bits per heavy atom. The van der Waals surface area contributed by atoms with Crippen molar-refractivity contribution in [2.24, 2.45) is 0 Å². The lowest BCUT2D eigenvalue weighted by molar-refractivity contribution is 0.289. The van der Waals surface area contributed by atoms with Crippen LogP contribution < -0.4 is 5.32 Å². The molecule has 1 aromatic rings. The predicted molar refractivity (Wildman–Crippen MR) is 54.9 cm³/mol. The van der Waals surface area contributed by atoms with Gasteiger partial charge in [-0.25, -0.2) is 4.39 Å². The molecule has 0 aliphatic heterocycles. The number of hydrogen-bond donors (Lipinski definition) is 2. The minimum absolute atomic E-state index is 0.0152. The van der Waals surface area contributed by atoms with Crippen molar-refractivity contribution in [1.82, 2.24) is 5.32 Å². The van der Waals surface area contributed by atoms with Crippen LogP contribution in [0.15, 0.2) is 18.2 Å². The third kappa shape index (κ3) is 2.90. The number of rotatable bonds is 4. The molecule has 80 valence electrons. The molecule has 0 spiro atoms. The highest BCUT2D eigenvalue weighted by Crippen LogP contribution is 2.22. The summed E-state index contributed by atoms with van der Waals surface area (Å²) >= 11 is 5.59. The van der Waals surface area contributed by atoms with Gasteiger partial charge >= 0.3 is 0 Å². The van der Waals surface area contributed by atoms with Crippen molar-refractivity contribution in [3.05, 3.63) is 34.6 Å². The molecule has 1 atom stereocenters. The zero-order valence-electron chi connectivity index (χ0n) is 7.87. The Bertz CT molecular complexity index is 378. The van der Waals surface area contributed by atoms with Gasteiger partial charge in [0.1, 0.15) is 11.9 Å². The van der Waals surface area contributed by atoms with Gasteiger partial charge in [0.2, 0.25) is 0 Å². The smallest absolute Gasteiger partial charge is 0.147 e. The van der Waals surface area contributed by atoms with E-state index in [1.54, 1.807) is 6.07 Å². The summed E-state index contributed by atoms with van der Waals surface area (Å²) in [6.07, 6.45) is 0. The fraction of sp³-hybridized carbons (Fsp3) is 0.300. The van der Waals surface area contributed by atoms with Crippen LogP contribution in [0.25, 0.3) is 0 Å². The molecular formula is C10H10ClFN2O. The Hall–Kier alpha value is -1.15.